The van der Waals surface area contributed by atoms with Gasteiger partial charge >= 0.3 is 0 Å². The second-order valence-corrected chi connectivity index (χ2v) is 26.4. The molecule has 3 nitrogen and oxygen atoms in total. The van der Waals surface area contributed by atoms with Crippen molar-refractivity contribution in [3.8, 4) is 22.3 Å². The van der Waals surface area contributed by atoms with E-state index in [-0.39, 0.29) is 28.4 Å². The summed E-state index contributed by atoms with van der Waals surface area (Å²) in [6, 6.07) is 59.1. The Kier molecular flexibility index (Phi) is 9.81. The first-order chi connectivity index (χ1) is 35.5. The molecule has 4 heterocycles. The Morgan fingerprint density at radius 1 is 0.541 bits per heavy atom. The van der Waals surface area contributed by atoms with E-state index < -0.39 is 0 Å². The number of anilines is 6. The van der Waals surface area contributed by atoms with E-state index in [1.54, 1.807) is 0 Å². The number of rotatable bonds is 3. The molecule has 74 heavy (non-hydrogen) atoms. The Morgan fingerprint density at radius 2 is 1.20 bits per heavy atom. The van der Waals surface area contributed by atoms with Crippen molar-refractivity contribution in [3.63, 3.8) is 0 Å². The van der Waals surface area contributed by atoms with Gasteiger partial charge in [0.05, 0.1) is 5.69 Å². The van der Waals surface area contributed by atoms with Crippen LogP contribution >= 0.6 is 11.3 Å². The van der Waals surface area contributed by atoms with Crippen molar-refractivity contribution in [2.24, 2.45) is 0 Å². The fraction of sp³-hybridized carbons (Fsp3) is 0.275. The monoisotopic (exact) mass is 980 g/mol. The van der Waals surface area contributed by atoms with E-state index in [0.29, 0.717) is 0 Å². The molecule has 2 aliphatic heterocycles. The van der Waals surface area contributed by atoms with Crippen molar-refractivity contribution in [2.45, 2.75) is 123 Å². The molecule has 0 saturated heterocycles. The van der Waals surface area contributed by atoms with Gasteiger partial charge in [0.1, 0.15) is 11.2 Å². The molecular weight excluding hydrogens is 916 g/mol. The minimum atomic E-state index is -0.0445. The third-order valence-electron chi connectivity index (χ3n) is 17.5. The normalized spacial score (nSPS) is 15.7. The van der Waals surface area contributed by atoms with Crippen LogP contribution in [0.5, 0.6) is 0 Å². The maximum atomic E-state index is 6.79. The predicted molar refractivity (Wildman–Crippen MR) is 319 cm³/mol. The summed E-state index contributed by atoms with van der Waals surface area (Å²) in [6.07, 6.45) is 6.26. The molecule has 1 spiro atoms. The lowest BCUT2D eigenvalue weighted by atomic mass is 9.36. The van der Waals surface area contributed by atoms with Crippen LogP contribution in [0.1, 0.15) is 128 Å². The highest BCUT2D eigenvalue weighted by Crippen LogP contribution is 2.58. The summed E-state index contributed by atoms with van der Waals surface area (Å²) >= 11 is 2.00. The summed E-state index contributed by atoms with van der Waals surface area (Å²) in [5.74, 6) is 0. The molecule has 0 amide bonds. The zero-order chi connectivity index (χ0) is 50.8. The van der Waals surface area contributed by atoms with Crippen LogP contribution < -0.4 is 25.5 Å². The summed E-state index contributed by atoms with van der Waals surface area (Å²) in [4.78, 5) is 5.30. The van der Waals surface area contributed by atoms with Crippen LogP contribution in [0.3, 0.4) is 0 Å². The van der Waals surface area contributed by atoms with Crippen LogP contribution in [-0.4, -0.2) is 6.71 Å². The smallest absolute Gasteiger partial charge is 0.264 e. The van der Waals surface area contributed by atoms with Gasteiger partial charge in [-0.15, -0.1) is 11.3 Å². The molecule has 2 aliphatic carbocycles. The average molecular weight is 981 g/mol. The fourth-order valence-electron chi connectivity index (χ4n) is 13.8. The number of hydrogen-bond donors (Lipinski definition) is 0. The highest BCUT2D eigenvalue weighted by Gasteiger charge is 2.48. The van der Waals surface area contributed by atoms with Gasteiger partial charge in [-0.1, -0.05) is 173 Å². The molecule has 1 saturated carbocycles. The van der Waals surface area contributed by atoms with E-state index >= 15 is 0 Å². The number of aryl methyl sites for hydroxylation is 1. The Morgan fingerprint density at radius 3 is 1.96 bits per heavy atom. The summed E-state index contributed by atoms with van der Waals surface area (Å²) in [5.41, 5.74) is 25.6. The Labute approximate surface area is 442 Å². The number of fused-ring (bicyclic) bond motifs is 14. The summed E-state index contributed by atoms with van der Waals surface area (Å²) in [6.45, 7) is 23.4. The quantitative estimate of drug-likeness (QED) is 0.165. The van der Waals surface area contributed by atoms with Gasteiger partial charge in [0.15, 0.2) is 0 Å². The van der Waals surface area contributed by atoms with Crippen LogP contribution in [0.15, 0.2) is 156 Å². The van der Waals surface area contributed by atoms with Crippen LogP contribution in [0, 0.1) is 6.92 Å². The van der Waals surface area contributed by atoms with Gasteiger partial charge in [0.25, 0.3) is 6.71 Å². The molecule has 0 radical (unpaired) electrons. The molecule has 0 N–H and O–H groups in total. The lowest BCUT2D eigenvalue weighted by molar-refractivity contribution is 0.353. The minimum Gasteiger partial charge on any atom is -0.455 e. The second-order valence-electron chi connectivity index (χ2n) is 25.3. The fourth-order valence-corrected chi connectivity index (χ4v) is 15.1. The molecule has 0 bridgehead atoms. The molecule has 366 valence electrons. The average Bonchev–Trinajstić information content (AvgIpc) is 4.04. The van der Waals surface area contributed by atoms with E-state index in [9.17, 15) is 0 Å². The lowest BCUT2D eigenvalue weighted by Gasteiger charge is -2.44. The maximum absolute atomic E-state index is 6.79. The van der Waals surface area contributed by atoms with Gasteiger partial charge in [0.2, 0.25) is 0 Å². The molecular formula is C69H65BN2OS. The second kappa shape index (κ2) is 15.9. The number of nitrogens with zero attached hydrogens (tertiary/aromatic N) is 2. The van der Waals surface area contributed by atoms with E-state index in [1.807, 2.05) is 11.3 Å². The van der Waals surface area contributed by atoms with Crippen molar-refractivity contribution >= 4 is 99.9 Å². The maximum Gasteiger partial charge on any atom is 0.264 e. The molecule has 0 unspecified atom stereocenters. The van der Waals surface area contributed by atoms with E-state index in [4.69, 9.17) is 4.42 Å². The first kappa shape index (κ1) is 45.8. The van der Waals surface area contributed by atoms with Crippen molar-refractivity contribution < 1.29 is 4.42 Å². The number of furan rings is 1. The molecule has 0 atom stereocenters. The summed E-state index contributed by atoms with van der Waals surface area (Å²) in [5, 5.41) is 3.74. The third kappa shape index (κ3) is 6.63. The SMILES string of the molecule is Cc1cc2c3c(c1)N(c1ccc4c(c1)C1(CCCCC1)c1ccccc1-4)c1c(sc4ccc(C(C)(C)C)cc14)B3c1ccc(C(C)(C)C)cc1N2c1ccc(-c2ccc(C(C)(C)C)c3c2oc2ccccc23)cc1. The predicted octanol–water partition coefficient (Wildman–Crippen LogP) is 18.0. The largest absolute Gasteiger partial charge is 0.455 e. The van der Waals surface area contributed by atoms with Crippen LogP contribution in [0.25, 0.3) is 54.3 Å². The number of benzene rings is 8. The highest BCUT2D eigenvalue weighted by atomic mass is 32.1. The van der Waals surface area contributed by atoms with E-state index in [2.05, 4.69) is 231 Å². The molecule has 1 fully saturated rings. The number of hydrogen-bond acceptors (Lipinski definition) is 4. The van der Waals surface area contributed by atoms with Crippen molar-refractivity contribution in [2.75, 3.05) is 9.80 Å². The Bertz CT molecular complexity index is 3970. The molecule has 5 heteroatoms. The van der Waals surface area contributed by atoms with Crippen LogP contribution in [-0.2, 0) is 21.7 Å². The molecule has 2 aromatic heterocycles. The molecule has 14 rings (SSSR count). The van der Waals surface area contributed by atoms with Crippen molar-refractivity contribution in [1.29, 1.82) is 0 Å². The zero-order valence-corrected chi connectivity index (χ0v) is 45.6. The standard InChI is InChI=1S/C69H65BN2OS/c1-41-36-57-62-58(37-41)72(46-28-29-49-48-18-12-14-20-52(48)69(54(49)40-46)34-16-11-17-35-69)63-51-38-43(66(2,3)4)25-33-60(51)74-65(63)70(62)55-32-24-44(67(5,6)7)39-56(55)71(57)45-26-22-42(23-27-45)47-30-31-53(68(8,9)10)61-50-19-13-15-21-59(50)73-64(47)61/h12-15,18-33,36-40H,11,16-17,34-35H2,1-10H3. The molecule has 4 aliphatic rings. The highest BCUT2D eigenvalue weighted by molar-refractivity contribution is 7.33. The van der Waals surface area contributed by atoms with Gasteiger partial charge in [-0.3, -0.25) is 0 Å². The minimum absolute atomic E-state index is 0.00166. The van der Waals surface area contributed by atoms with Crippen molar-refractivity contribution in [1.82, 2.24) is 0 Å². The third-order valence-corrected chi connectivity index (χ3v) is 18.8. The van der Waals surface area contributed by atoms with Crippen LogP contribution in [0.4, 0.5) is 34.1 Å². The first-order valence-electron chi connectivity index (χ1n) is 27.2. The van der Waals surface area contributed by atoms with Gasteiger partial charge < -0.3 is 14.2 Å². The van der Waals surface area contributed by atoms with Crippen LogP contribution in [0.2, 0.25) is 0 Å². The number of para-hydroxylation sites is 1. The molecule has 10 aromatic rings. The first-order valence-corrected chi connectivity index (χ1v) is 28.1. The van der Waals surface area contributed by atoms with Crippen molar-refractivity contribution in [3.05, 3.63) is 185 Å². The topological polar surface area (TPSA) is 19.6 Å². The van der Waals surface area contributed by atoms with Gasteiger partial charge in [-0.2, -0.15) is 0 Å². The van der Waals surface area contributed by atoms with Gasteiger partial charge in [-0.25, -0.2) is 0 Å². The summed E-state index contributed by atoms with van der Waals surface area (Å²) < 4.78 is 9.56. The van der Waals surface area contributed by atoms with Gasteiger partial charge in [-0.05, 0) is 158 Å². The number of thiophene rings is 1. The Hall–Kier alpha value is -6.82. The Balaban J connectivity index is 1.00. The van der Waals surface area contributed by atoms with E-state index in [0.717, 1.165) is 28.0 Å². The molecule has 8 aromatic carbocycles. The zero-order valence-electron chi connectivity index (χ0n) is 44.8. The summed E-state index contributed by atoms with van der Waals surface area (Å²) in [7, 11) is 0. The lowest BCUT2D eigenvalue weighted by Crippen LogP contribution is -2.60. The van der Waals surface area contributed by atoms with Gasteiger partial charge in [0, 0.05) is 65.1 Å². The van der Waals surface area contributed by atoms with E-state index in [1.165, 1.54) is 142 Å².